The smallest absolute Gasteiger partial charge is 0.411 e. The van der Waals surface area contributed by atoms with Crippen molar-refractivity contribution in [3.05, 3.63) is 29.8 Å². The third-order valence-corrected chi connectivity index (χ3v) is 3.50. The first-order valence-corrected chi connectivity index (χ1v) is 7.61. The zero-order valence-electron chi connectivity index (χ0n) is 13.9. The van der Waals surface area contributed by atoms with E-state index in [1.54, 1.807) is 20.8 Å². The van der Waals surface area contributed by atoms with Gasteiger partial charge in [-0.3, -0.25) is 4.90 Å². The molecular weight excluding hydrogens is 298 g/mol. The van der Waals surface area contributed by atoms with E-state index in [-0.39, 0.29) is 19.1 Å². The Morgan fingerprint density at radius 2 is 1.83 bits per heavy atom. The van der Waals surface area contributed by atoms with Gasteiger partial charge in [0.2, 0.25) is 0 Å². The maximum atomic E-state index is 12.2. The summed E-state index contributed by atoms with van der Waals surface area (Å²) in [7, 11) is 0. The number of rotatable bonds is 3. The molecule has 2 rings (SSSR count). The number of carbonyl (C=O) groups excluding carboxylic acids is 1. The highest BCUT2D eigenvalue weighted by Gasteiger charge is 2.42. The Hall–Kier alpha value is -2.24. The number of amides is 1. The zero-order valence-corrected chi connectivity index (χ0v) is 13.9. The summed E-state index contributed by atoms with van der Waals surface area (Å²) < 4.78 is 11.1. The van der Waals surface area contributed by atoms with Crippen molar-refractivity contribution < 1.29 is 24.2 Å². The summed E-state index contributed by atoms with van der Waals surface area (Å²) in [5.74, 6) is -0.387. The minimum atomic E-state index is -1.05. The van der Waals surface area contributed by atoms with Gasteiger partial charge in [-0.1, -0.05) is 17.7 Å². The van der Waals surface area contributed by atoms with Crippen molar-refractivity contribution in [2.45, 2.75) is 51.9 Å². The number of carboxylic acid groups (broad SMARTS) is 1. The Labute approximate surface area is 136 Å². The maximum Gasteiger partial charge on any atom is 0.411 e. The molecule has 0 radical (unpaired) electrons. The fourth-order valence-electron chi connectivity index (χ4n) is 2.45. The van der Waals surface area contributed by atoms with E-state index in [0.717, 1.165) is 5.56 Å². The number of ether oxygens (including phenoxy) is 2. The van der Waals surface area contributed by atoms with E-state index in [1.165, 1.54) is 4.90 Å². The van der Waals surface area contributed by atoms with Gasteiger partial charge in [0.15, 0.2) is 0 Å². The molecule has 0 aromatic heterocycles. The molecule has 0 aliphatic carbocycles. The molecule has 2 atom stereocenters. The lowest BCUT2D eigenvalue weighted by molar-refractivity contribution is -0.142. The molecule has 1 aliphatic heterocycles. The van der Waals surface area contributed by atoms with E-state index in [4.69, 9.17) is 9.47 Å². The fourth-order valence-corrected chi connectivity index (χ4v) is 2.45. The maximum absolute atomic E-state index is 12.2. The lowest BCUT2D eigenvalue weighted by Gasteiger charge is -2.26. The minimum absolute atomic E-state index is 0.194. The molecule has 0 spiro atoms. The van der Waals surface area contributed by atoms with Crippen LogP contribution in [0, 0.1) is 6.92 Å². The number of carbonyl (C=O) groups is 2. The minimum Gasteiger partial charge on any atom is -0.488 e. The molecule has 6 nitrogen and oxygen atoms in total. The number of nitrogens with zero attached hydrogens (tertiary/aromatic N) is 1. The highest BCUT2D eigenvalue weighted by molar-refractivity contribution is 5.81. The average molecular weight is 321 g/mol. The largest absolute Gasteiger partial charge is 0.488 e. The summed E-state index contributed by atoms with van der Waals surface area (Å²) in [5, 5.41) is 9.35. The van der Waals surface area contributed by atoms with Crippen molar-refractivity contribution in [1.82, 2.24) is 4.90 Å². The molecule has 1 heterocycles. The van der Waals surface area contributed by atoms with Crippen LogP contribution in [0.1, 0.15) is 32.8 Å². The molecule has 1 fully saturated rings. The molecule has 0 saturated carbocycles. The molecule has 126 valence electrons. The number of likely N-dealkylation sites (tertiary alicyclic amines) is 1. The van der Waals surface area contributed by atoms with Crippen LogP contribution in [0.25, 0.3) is 0 Å². The van der Waals surface area contributed by atoms with Gasteiger partial charge in [0.1, 0.15) is 23.5 Å². The van der Waals surface area contributed by atoms with Crippen LogP contribution in [0.5, 0.6) is 5.75 Å². The summed E-state index contributed by atoms with van der Waals surface area (Å²) >= 11 is 0. The number of aryl methyl sites for hydroxylation is 1. The van der Waals surface area contributed by atoms with Gasteiger partial charge in [-0.2, -0.15) is 0 Å². The highest BCUT2D eigenvalue weighted by atomic mass is 16.6. The van der Waals surface area contributed by atoms with Crippen molar-refractivity contribution in [3.8, 4) is 5.75 Å². The molecule has 1 aliphatic rings. The third-order valence-electron chi connectivity index (χ3n) is 3.50. The summed E-state index contributed by atoms with van der Waals surface area (Å²) in [4.78, 5) is 24.9. The predicted octanol–water partition coefficient (Wildman–Crippen LogP) is 2.84. The molecule has 1 aromatic rings. The summed E-state index contributed by atoms with van der Waals surface area (Å²) in [6.45, 7) is 7.41. The molecule has 1 N–H and O–H groups in total. The van der Waals surface area contributed by atoms with Gasteiger partial charge in [-0.15, -0.1) is 0 Å². The number of carboxylic acids is 1. The monoisotopic (exact) mass is 321 g/mol. The average Bonchev–Trinajstić information content (AvgIpc) is 2.84. The molecule has 1 saturated heterocycles. The Kier molecular flexibility index (Phi) is 4.82. The fraction of sp³-hybridized carbons (Fsp3) is 0.529. The quantitative estimate of drug-likeness (QED) is 0.926. The normalized spacial score (nSPS) is 21.1. The van der Waals surface area contributed by atoms with Gasteiger partial charge in [-0.25, -0.2) is 9.59 Å². The van der Waals surface area contributed by atoms with Crippen LogP contribution in [-0.2, 0) is 9.53 Å². The van der Waals surface area contributed by atoms with E-state index < -0.39 is 23.7 Å². The van der Waals surface area contributed by atoms with Crippen LogP contribution in [0.2, 0.25) is 0 Å². The first-order valence-electron chi connectivity index (χ1n) is 7.61. The Balaban J connectivity index is 2.06. The van der Waals surface area contributed by atoms with E-state index in [1.807, 2.05) is 31.2 Å². The molecular formula is C17H23NO5. The molecule has 1 aromatic carbocycles. The van der Waals surface area contributed by atoms with Crippen LogP contribution in [0.15, 0.2) is 24.3 Å². The SMILES string of the molecule is Cc1ccc(OC2C[C@@H](C(=O)O)N(C(=O)OC(C)(C)C)C2)cc1. The Bertz CT molecular complexity index is 576. The van der Waals surface area contributed by atoms with Gasteiger partial charge in [-0.05, 0) is 39.8 Å². The van der Waals surface area contributed by atoms with E-state index in [2.05, 4.69) is 0 Å². The summed E-state index contributed by atoms with van der Waals surface area (Å²) in [5.41, 5.74) is 0.443. The second kappa shape index (κ2) is 6.48. The number of hydrogen-bond donors (Lipinski definition) is 1. The zero-order chi connectivity index (χ0) is 17.2. The lowest BCUT2D eigenvalue weighted by Crippen LogP contribution is -2.43. The third kappa shape index (κ3) is 4.61. The molecule has 0 bridgehead atoms. The van der Waals surface area contributed by atoms with Crippen LogP contribution in [0.3, 0.4) is 0 Å². The van der Waals surface area contributed by atoms with Crippen LogP contribution in [-0.4, -0.2) is 46.4 Å². The summed E-state index contributed by atoms with van der Waals surface area (Å²) in [6, 6.07) is 6.58. The van der Waals surface area contributed by atoms with Crippen molar-refractivity contribution in [1.29, 1.82) is 0 Å². The highest BCUT2D eigenvalue weighted by Crippen LogP contribution is 2.25. The van der Waals surface area contributed by atoms with E-state index in [9.17, 15) is 14.7 Å². The molecule has 6 heteroatoms. The van der Waals surface area contributed by atoms with Gasteiger partial charge in [0.05, 0.1) is 6.54 Å². The van der Waals surface area contributed by atoms with Crippen molar-refractivity contribution in [2.24, 2.45) is 0 Å². The van der Waals surface area contributed by atoms with E-state index in [0.29, 0.717) is 5.75 Å². The predicted molar refractivity (Wildman–Crippen MR) is 84.6 cm³/mol. The van der Waals surface area contributed by atoms with Gasteiger partial charge >= 0.3 is 12.1 Å². The van der Waals surface area contributed by atoms with Gasteiger partial charge in [0.25, 0.3) is 0 Å². The first kappa shape index (κ1) is 17.1. The Morgan fingerprint density at radius 3 is 2.35 bits per heavy atom. The van der Waals surface area contributed by atoms with E-state index >= 15 is 0 Å². The number of aliphatic carboxylic acids is 1. The number of hydrogen-bond acceptors (Lipinski definition) is 4. The topological polar surface area (TPSA) is 76.1 Å². The van der Waals surface area contributed by atoms with Gasteiger partial charge in [0, 0.05) is 6.42 Å². The number of benzene rings is 1. The van der Waals surface area contributed by atoms with Crippen LogP contribution >= 0.6 is 0 Å². The second-order valence-electron chi connectivity index (χ2n) is 6.78. The molecule has 1 unspecified atom stereocenters. The van der Waals surface area contributed by atoms with Gasteiger partial charge < -0.3 is 14.6 Å². The standard InChI is InChI=1S/C17H23NO5/c1-11-5-7-12(8-6-11)22-13-9-14(15(19)20)18(10-13)16(21)23-17(2,3)4/h5-8,13-14H,9-10H2,1-4H3,(H,19,20)/t13?,14-/m0/s1. The molecule has 23 heavy (non-hydrogen) atoms. The van der Waals surface area contributed by atoms with Crippen molar-refractivity contribution in [3.63, 3.8) is 0 Å². The first-order chi connectivity index (χ1) is 10.7. The van der Waals surface area contributed by atoms with Crippen molar-refractivity contribution >= 4 is 12.1 Å². The lowest BCUT2D eigenvalue weighted by atomic mass is 10.2. The summed E-state index contributed by atoms with van der Waals surface area (Å²) in [6.07, 6.45) is -0.756. The van der Waals surface area contributed by atoms with Crippen LogP contribution in [0.4, 0.5) is 4.79 Å². The molecule has 1 amide bonds. The van der Waals surface area contributed by atoms with Crippen LogP contribution < -0.4 is 4.74 Å². The Morgan fingerprint density at radius 1 is 1.22 bits per heavy atom. The second-order valence-corrected chi connectivity index (χ2v) is 6.78. The van der Waals surface area contributed by atoms with Crippen molar-refractivity contribution in [2.75, 3.05) is 6.54 Å².